The van der Waals surface area contributed by atoms with Gasteiger partial charge in [-0.15, -0.1) is 70.6 Å². The van der Waals surface area contributed by atoms with Gasteiger partial charge < -0.3 is 0 Å². The van der Waals surface area contributed by atoms with Crippen molar-refractivity contribution < 1.29 is 4.79 Å². The zero-order chi connectivity index (χ0) is 17.1. The molecule has 0 bridgehead atoms. The van der Waals surface area contributed by atoms with Crippen LogP contribution in [0.25, 0.3) is 0 Å². The Labute approximate surface area is 163 Å². The number of thioether (sulfide) groups is 6. The molecule has 1 nitrogen and oxygen atoms in total. The summed E-state index contributed by atoms with van der Waals surface area (Å²) in [7, 11) is 0. The highest BCUT2D eigenvalue weighted by Crippen LogP contribution is 2.57. The number of hydrogen-bond donors (Lipinski definition) is 0. The Morgan fingerprint density at radius 1 is 0.545 bits per heavy atom. The molecule has 0 aromatic rings. The predicted octanol–water partition coefficient (Wildman–Crippen LogP) is 6.38. The highest BCUT2D eigenvalue weighted by atomic mass is 32.3. The number of ketones is 1. The van der Waals surface area contributed by atoms with Crippen molar-refractivity contribution in [2.24, 2.45) is 0 Å². The van der Waals surface area contributed by atoms with Crippen LogP contribution in [0.3, 0.4) is 0 Å². The molecule has 0 heterocycles. The summed E-state index contributed by atoms with van der Waals surface area (Å²) in [5.74, 6) is 6.28. The van der Waals surface area contributed by atoms with Crippen LogP contribution < -0.4 is 0 Å². The van der Waals surface area contributed by atoms with Gasteiger partial charge in [0.1, 0.15) is 0 Å². The quantitative estimate of drug-likeness (QED) is 0.300. The van der Waals surface area contributed by atoms with E-state index < -0.39 is 0 Å². The highest BCUT2D eigenvalue weighted by Gasteiger charge is 2.51. The molecule has 0 aliphatic rings. The number of Topliss-reactive ketones (excluding diaryl/α,β-unsaturated/α-hetero) is 1. The Hall–Kier alpha value is 1.77. The van der Waals surface area contributed by atoms with Crippen LogP contribution in [0.15, 0.2) is 0 Å². The minimum atomic E-state index is -0.356. The Morgan fingerprint density at radius 3 is 0.864 bits per heavy atom. The lowest BCUT2D eigenvalue weighted by molar-refractivity contribution is -0.116. The molecule has 22 heavy (non-hydrogen) atoms. The molecule has 0 rings (SSSR count). The van der Waals surface area contributed by atoms with Crippen LogP contribution in [0.1, 0.15) is 41.5 Å². The van der Waals surface area contributed by atoms with Crippen LogP contribution >= 0.6 is 70.6 Å². The van der Waals surface area contributed by atoms with Crippen molar-refractivity contribution in [1.82, 2.24) is 0 Å². The lowest BCUT2D eigenvalue weighted by atomic mass is 10.5. The lowest BCUT2D eigenvalue weighted by Crippen LogP contribution is -2.43. The third-order valence-corrected chi connectivity index (χ3v) is 11.9. The topological polar surface area (TPSA) is 17.1 Å². The predicted molar refractivity (Wildman–Crippen MR) is 119 cm³/mol. The van der Waals surface area contributed by atoms with Crippen molar-refractivity contribution in [2.75, 3.05) is 34.5 Å². The molecule has 0 spiro atoms. The zero-order valence-corrected chi connectivity index (χ0v) is 19.5. The van der Waals surface area contributed by atoms with Crippen molar-refractivity contribution in [2.45, 2.75) is 48.4 Å². The van der Waals surface area contributed by atoms with Gasteiger partial charge in [0, 0.05) is 0 Å². The fraction of sp³-hybridized carbons (Fsp3) is 0.933. The van der Waals surface area contributed by atoms with Gasteiger partial charge in [-0.2, -0.15) is 0 Å². The molecule has 132 valence electrons. The van der Waals surface area contributed by atoms with E-state index in [1.807, 2.05) is 70.6 Å². The van der Waals surface area contributed by atoms with E-state index >= 15 is 0 Å². The molecule has 0 amide bonds. The average molecular weight is 419 g/mol. The van der Waals surface area contributed by atoms with Crippen LogP contribution in [0, 0.1) is 0 Å². The van der Waals surface area contributed by atoms with Gasteiger partial charge in [-0.05, 0) is 34.5 Å². The van der Waals surface area contributed by atoms with Crippen molar-refractivity contribution in [3.63, 3.8) is 0 Å². The summed E-state index contributed by atoms with van der Waals surface area (Å²) in [5.41, 5.74) is 0. The summed E-state index contributed by atoms with van der Waals surface area (Å²) in [4.78, 5) is 13.7. The van der Waals surface area contributed by atoms with E-state index in [4.69, 9.17) is 0 Å². The van der Waals surface area contributed by atoms with E-state index in [0.29, 0.717) is 5.78 Å². The van der Waals surface area contributed by atoms with E-state index in [1.165, 1.54) is 0 Å². The molecule has 0 N–H and O–H groups in total. The Balaban J connectivity index is 5.73. The summed E-state index contributed by atoms with van der Waals surface area (Å²) >= 11 is 10.9. The molecule has 0 unspecified atom stereocenters. The third kappa shape index (κ3) is 6.58. The second-order valence-corrected chi connectivity index (χ2v) is 14.5. The van der Waals surface area contributed by atoms with Gasteiger partial charge in [0.2, 0.25) is 5.78 Å². The molecule has 0 radical (unpaired) electrons. The number of hydrogen-bond acceptors (Lipinski definition) is 7. The fourth-order valence-electron chi connectivity index (χ4n) is 1.97. The molecule has 0 saturated carbocycles. The van der Waals surface area contributed by atoms with Crippen molar-refractivity contribution in [3.05, 3.63) is 0 Å². The number of carbonyl (C=O) groups excluding carboxylic acids is 1. The number of rotatable bonds is 14. The molecule has 0 atom stereocenters. The Kier molecular flexibility index (Phi) is 14.1. The van der Waals surface area contributed by atoms with Gasteiger partial charge in [-0.3, -0.25) is 4.79 Å². The highest BCUT2D eigenvalue weighted by molar-refractivity contribution is 8.38. The van der Waals surface area contributed by atoms with Gasteiger partial charge in [0.15, 0.2) is 6.82 Å². The summed E-state index contributed by atoms with van der Waals surface area (Å²) in [6.07, 6.45) is 0. The van der Waals surface area contributed by atoms with Crippen molar-refractivity contribution in [3.8, 4) is 0 Å². The second kappa shape index (κ2) is 13.0. The molecule has 0 aromatic carbocycles. The van der Waals surface area contributed by atoms with Gasteiger partial charge in [0.05, 0.1) is 0 Å². The van der Waals surface area contributed by atoms with Crippen molar-refractivity contribution >= 4 is 76.4 Å². The monoisotopic (exact) mass is 418 g/mol. The van der Waals surface area contributed by atoms with Crippen molar-refractivity contribution in [1.29, 1.82) is 0 Å². The summed E-state index contributed by atoms with van der Waals surface area (Å²) in [6, 6.07) is 0. The first-order valence-electron chi connectivity index (χ1n) is 7.90. The van der Waals surface area contributed by atoms with Crippen LogP contribution in [0.5, 0.6) is 0 Å². The van der Waals surface area contributed by atoms with E-state index in [-0.39, 0.29) is 6.82 Å². The standard InChI is InChI=1S/C15H30OS6/c1-7-17-14(18-8-2,19-9-3)13(16)15(20-10-4,21-11-5)22-12-6/h7-12H2,1-6H3. The summed E-state index contributed by atoms with van der Waals surface area (Å²) in [5, 5.41) is 0. The minimum Gasteiger partial charge on any atom is -0.293 e. The first-order chi connectivity index (χ1) is 10.5. The van der Waals surface area contributed by atoms with Gasteiger partial charge >= 0.3 is 0 Å². The average Bonchev–Trinajstić information content (AvgIpc) is 2.48. The molecule has 7 heteroatoms. The van der Waals surface area contributed by atoms with Crippen LogP contribution in [-0.2, 0) is 4.79 Å². The smallest absolute Gasteiger partial charge is 0.205 e. The van der Waals surface area contributed by atoms with Gasteiger partial charge in [-0.25, -0.2) is 0 Å². The molecule has 0 aliphatic heterocycles. The largest absolute Gasteiger partial charge is 0.293 e. The molecule has 0 saturated heterocycles. The normalized spacial score (nSPS) is 12.6. The first-order valence-corrected chi connectivity index (χ1v) is 13.8. The lowest BCUT2D eigenvalue weighted by Gasteiger charge is -2.39. The Bertz CT molecular complexity index is 248. The van der Waals surface area contributed by atoms with Gasteiger partial charge in [0.25, 0.3) is 0 Å². The third-order valence-electron chi connectivity index (χ3n) is 2.56. The zero-order valence-electron chi connectivity index (χ0n) is 14.6. The van der Waals surface area contributed by atoms with E-state index in [2.05, 4.69) is 41.5 Å². The fourth-order valence-corrected chi connectivity index (χ4v) is 12.8. The maximum Gasteiger partial charge on any atom is 0.205 e. The molecular weight excluding hydrogens is 389 g/mol. The molecule has 0 aromatic heterocycles. The maximum atomic E-state index is 13.7. The summed E-state index contributed by atoms with van der Waals surface area (Å²) < 4.78 is -0.713. The molecule has 0 fully saturated rings. The SMILES string of the molecule is CCSC(SCC)(SCC)C(=O)C(SCC)(SCC)SCC. The minimum absolute atomic E-state index is 0.356. The van der Waals surface area contributed by atoms with Crippen LogP contribution in [-0.4, -0.2) is 47.1 Å². The molecule has 0 aliphatic carbocycles. The van der Waals surface area contributed by atoms with Crippen LogP contribution in [0.2, 0.25) is 0 Å². The Morgan fingerprint density at radius 2 is 0.727 bits per heavy atom. The molecular formula is C15H30OS6. The number of carbonyl (C=O) groups is 1. The van der Waals surface area contributed by atoms with Crippen LogP contribution in [0.4, 0.5) is 0 Å². The summed E-state index contributed by atoms with van der Waals surface area (Å²) in [6.45, 7) is 13.0. The first kappa shape index (κ1) is 23.8. The van der Waals surface area contributed by atoms with Gasteiger partial charge in [-0.1, -0.05) is 41.5 Å². The maximum absolute atomic E-state index is 13.7. The van der Waals surface area contributed by atoms with E-state index in [1.54, 1.807) is 0 Å². The second-order valence-electron chi connectivity index (χ2n) is 4.04. The van der Waals surface area contributed by atoms with E-state index in [9.17, 15) is 4.79 Å². The van der Waals surface area contributed by atoms with E-state index in [0.717, 1.165) is 34.5 Å².